The van der Waals surface area contributed by atoms with Crippen LogP contribution < -0.4 is 10.1 Å². The number of halogens is 1. The molecule has 0 fully saturated rings. The fourth-order valence-corrected chi connectivity index (χ4v) is 3.40. The SMILES string of the molecule is Br.Cc1ccc2c(c1)[C@H]1c3cc(O)c(O)cc3OC[C@@H]1NC2. The molecule has 2 aliphatic heterocycles. The van der Waals surface area contributed by atoms with E-state index in [1.165, 1.54) is 22.8 Å². The molecule has 2 aromatic rings. The van der Waals surface area contributed by atoms with E-state index in [0.29, 0.717) is 12.4 Å². The summed E-state index contributed by atoms with van der Waals surface area (Å²) in [7, 11) is 0. The van der Waals surface area contributed by atoms with E-state index in [1.807, 2.05) is 0 Å². The second-order valence-corrected chi connectivity index (χ2v) is 5.86. The molecule has 0 radical (unpaired) electrons. The summed E-state index contributed by atoms with van der Waals surface area (Å²) in [5, 5.41) is 23.0. The molecule has 2 heterocycles. The lowest BCUT2D eigenvalue weighted by molar-refractivity contribution is 0.214. The predicted molar refractivity (Wildman–Crippen MR) is 89.2 cm³/mol. The zero-order chi connectivity index (χ0) is 14.6. The average molecular weight is 364 g/mol. The summed E-state index contributed by atoms with van der Waals surface area (Å²) in [6.07, 6.45) is 0. The summed E-state index contributed by atoms with van der Waals surface area (Å²) in [5.41, 5.74) is 4.72. The molecule has 0 aliphatic carbocycles. The lowest BCUT2D eigenvalue weighted by Crippen LogP contribution is -2.46. The van der Waals surface area contributed by atoms with Crippen molar-refractivity contribution in [3.63, 3.8) is 0 Å². The number of benzene rings is 2. The smallest absolute Gasteiger partial charge is 0.161 e. The van der Waals surface area contributed by atoms with Crippen LogP contribution in [0.2, 0.25) is 0 Å². The second-order valence-electron chi connectivity index (χ2n) is 5.86. The Labute approximate surface area is 139 Å². The topological polar surface area (TPSA) is 61.7 Å². The molecule has 0 spiro atoms. The second kappa shape index (κ2) is 5.48. The molecule has 0 aromatic heterocycles. The molecule has 3 N–H and O–H groups in total. The Balaban J connectivity index is 0.00000144. The van der Waals surface area contributed by atoms with Gasteiger partial charge in [0, 0.05) is 24.1 Å². The van der Waals surface area contributed by atoms with Gasteiger partial charge in [0.1, 0.15) is 12.4 Å². The van der Waals surface area contributed by atoms with Crippen LogP contribution in [0.1, 0.15) is 28.2 Å². The van der Waals surface area contributed by atoms with E-state index < -0.39 is 0 Å². The average Bonchev–Trinajstić information content (AvgIpc) is 2.48. The first-order chi connectivity index (χ1) is 10.1. The normalized spacial score (nSPS) is 21.7. The highest BCUT2D eigenvalue weighted by Crippen LogP contribution is 2.45. The molecule has 22 heavy (non-hydrogen) atoms. The zero-order valence-electron chi connectivity index (χ0n) is 12.2. The molecule has 4 nitrogen and oxygen atoms in total. The van der Waals surface area contributed by atoms with E-state index >= 15 is 0 Å². The maximum atomic E-state index is 9.84. The van der Waals surface area contributed by atoms with Crippen molar-refractivity contribution < 1.29 is 14.9 Å². The van der Waals surface area contributed by atoms with E-state index in [9.17, 15) is 10.2 Å². The molecule has 0 amide bonds. The van der Waals surface area contributed by atoms with Crippen molar-refractivity contribution in [2.24, 2.45) is 0 Å². The van der Waals surface area contributed by atoms with Crippen LogP contribution in [0, 0.1) is 6.92 Å². The van der Waals surface area contributed by atoms with Gasteiger partial charge < -0.3 is 20.3 Å². The van der Waals surface area contributed by atoms with Gasteiger partial charge in [0.2, 0.25) is 0 Å². The van der Waals surface area contributed by atoms with Gasteiger partial charge in [0.15, 0.2) is 11.5 Å². The van der Waals surface area contributed by atoms with Gasteiger partial charge in [-0.2, -0.15) is 0 Å². The number of aromatic hydroxyl groups is 2. The third-order valence-electron chi connectivity index (χ3n) is 4.45. The molecule has 2 atom stereocenters. The third-order valence-corrected chi connectivity index (χ3v) is 4.45. The van der Waals surface area contributed by atoms with Crippen molar-refractivity contribution >= 4 is 17.0 Å². The lowest BCUT2D eigenvalue weighted by Gasteiger charge is -2.39. The Morgan fingerprint density at radius 1 is 1.09 bits per heavy atom. The first-order valence-corrected chi connectivity index (χ1v) is 7.15. The summed E-state index contributed by atoms with van der Waals surface area (Å²) in [4.78, 5) is 0. The summed E-state index contributed by atoms with van der Waals surface area (Å²) in [6.45, 7) is 3.49. The Morgan fingerprint density at radius 2 is 1.86 bits per heavy atom. The molecular weight excluding hydrogens is 346 g/mol. The summed E-state index contributed by atoms with van der Waals surface area (Å²) < 4.78 is 5.74. The minimum Gasteiger partial charge on any atom is -0.504 e. The largest absolute Gasteiger partial charge is 0.504 e. The van der Waals surface area contributed by atoms with Gasteiger partial charge in [0.25, 0.3) is 0 Å². The van der Waals surface area contributed by atoms with Gasteiger partial charge >= 0.3 is 0 Å². The van der Waals surface area contributed by atoms with E-state index in [2.05, 4.69) is 30.4 Å². The van der Waals surface area contributed by atoms with Crippen molar-refractivity contribution in [2.75, 3.05) is 6.61 Å². The first kappa shape index (κ1) is 15.2. The van der Waals surface area contributed by atoms with Crippen LogP contribution in [0.5, 0.6) is 17.2 Å². The molecule has 0 saturated carbocycles. The maximum Gasteiger partial charge on any atom is 0.161 e. The Hall–Kier alpha value is -1.72. The van der Waals surface area contributed by atoms with Crippen LogP contribution in [0.4, 0.5) is 0 Å². The number of phenols is 2. The Kier molecular flexibility index (Phi) is 3.78. The van der Waals surface area contributed by atoms with Crippen LogP contribution in [0.3, 0.4) is 0 Å². The van der Waals surface area contributed by atoms with Crippen LogP contribution in [0.15, 0.2) is 30.3 Å². The van der Waals surface area contributed by atoms with Gasteiger partial charge in [-0.05, 0) is 24.1 Å². The van der Waals surface area contributed by atoms with E-state index in [0.717, 1.165) is 12.1 Å². The van der Waals surface area contributed by atoms with Crippen molar-refractivity contribution in [3.8, 4) is 17.2 Å². The van der Waals surface area contributed by atoms with Crippen molar-refractivity contribution in [1.82, 2.24) is 5.32 Å². The van der Waals surface area contributed by atoms with Gasteiger partial charge in [-0.3, -0.25) is 0 Å². The molecule has 0 saturated heterocycles. The fraction of sp³-hybridized carbons (Fsp3) is 0.294. The fourth-order valence-electron chi connectivity index (χ4n) is 3.40. The summed E-state index contributed by atoms with van der Waals surface area (Å²) >= 11 is 0. The number of hydrogen-bond acceptors (Lipinski definition) is 4. The van der Waals surface area contributed by atoms with Crippen molar-refractivity contribution in [3.05, 3.63) is 52.6 Å². The number of nitrogens with one attached hydrogen (secondary N) is 1. The Bertz CT molecular complexity index is 732. The summed E-state index contributed by atoms with van der Waals surface area (Å²) in [6, 6.07) is 9.81. The monoisotopic (exact) mass is 363 g/mol. The molecule has 2 aliphatic rings. The van der Waals surface area contributed by atoms with E-state index in [-0.39, 0.29) is 40.4 Å². The van der Waals surface area contributed by atoms with Crippen LogP contribution >= 0.6 is 17.0 Å². The number of phenolic OH excluding ortho intramolecular Hbond substituents is 2. The standard InChI is InChI=1S/C17H17NO3.BrH/c1-9-2-3-10-7-18-13-8-21-16-6-15(20)14(19)5-12(16)17(13)11(10)4-9;/h2-6,13,17-20H,7-8H2,1H3;1H/t13-,17-;/m0./s1. The molecule has 0 unspecified atom stereocenters. The minimum atomic E-state index is -0.138. The Morgan fingerprint density at radius 3 is 2.68 bits per heavy atom. The van der Waals surface area contributed by atoms with Crippen LogP contribution in [-0.2, 0) is 6.54 Å². The van der Waals surface area contributed by atoms with Crippen LogP contribution in [0.25, 0.3) is 0 Å². The maximum absolute atomic E-state index is 9.84. The van der Waals surface area contributed by atoms with Crippen molar-refractivity contribution in [1.29, 1.82) is 0 Å². The summed E-state index contributed by atoms with van der Waals surface area (Å²) in [5.74, 6) is 0.560. The first-order valence-electron chi connectivity index (χ1n) is 7.15. The van der Waals surface area contributed by atoms with Gasteiger partial charge in [0.05, 0.1) is 6.04 Å². The number of rotatable bonds is 0. The molecule has 116 valence electrons. The third kappa shape index (κ3) is 2.25. The number of fused-ring (bicyclic) bond motifs is 5. The quantitative estimate of drug-likeness (QED) is 0.629. The highest BCUT2D eigenvalue weighted by molar-refractivity contribution is 8.93. The van der Waals surface area contributed by atoms with Gasteiger partial charge in [-0.1, -0.05) is 23.8 Å². The van der Waals surface area contributed by atoms with E-state index in [4.69, 9.17) is 4.74 Å². The van der Waals surface area contributed by atoms with Gasteiger partial charge in [-0.15, -0.1) is 17.0 Å². The minimum absolute atomic E-state index is 0. The molecular formula is C17H18BrNO3. The number of ether oxygens (including phenoxy) is 1. The highest BCUT2D eigenvalue weighted by atomic mass is 79.9. The predicted octanol–water partition coefficient (Wildman–Crippen LogP) is 2.98. The number of aryl methyl sites for hydroxylation is 1. The van der Waals surface area contributed by atoms with Crippen LogP contribution in [-0.4, -0.2) is 22.9 Å². The van der Waals surface area contributed by atoms with Crippen molar-refractivity contribution in [2.45, 2.75) is 25.4 Å². The number of hydrogen-bond donors (Lipinski definition) is 3. The molecule has 5 heteroatoms. The lowest BCUT2D eigenvalue weighted by atomic mass is 9.78. The van der Waals surface area contributed by atoms with Gasteiger partial charge in [-0.25, -0.2) is 0 Å². The zero-order valence-corrected chi connectivity index (χ0v) is 13.9. The van der Waals surface area contributed by atoms with E-state index in [1.54, 1.807) is 6.07 Å². The molecule has 0 bridgehead atoms. The molecule has 4 rings (SSSR count). The highest BCUT2D eigenvalue weighted by Gasteiger charge is 2.36. The molecule has 2 aromatic carbocycles.